The van der Waals surface area contributed by atoms with Crippen molar-refractivity contribution in [2.75, 3.05) is 19.7 Å². The predicted octanol–water partition coefficient (Wildman–Crippen LogP) is 4.84. The first-order valence-electron chi connectivity index (χ1n) is 8.91. The fourth-order valence-electron chi connectivity index (χ4n) is 3.51. The van der Waals surface area contributed by atoms with Crippen LogP contribution in [0.15, 0.2) is 30.5 Å². The van der Waals surface area contributed by atoms with Crippen LogP contribution < -0.4 is 4.74 Å². The van der Waals surface area contributed by atoms with Gasteiger partial charge in [0, 0.05) is 35.2 Å². The van der Waals surface area contributed by atoms with Crippen LogP contribution in [0.4, 0.5) is 0 Å². The molecule has 1 atom stereocenters. The van der Waals surface area contributed by atoms with Crippen molar-refractivity contribution < 1.29 is 4.74 Å². The summed E-state index contributed by atoms with van der Waals surface area (Å²) in [7, 11) is 0. The van der Waals surface area contributed by atoms with Crippen LogP contribution in [0.3, 0.4) is 0 Å². The summed E-state index contributed by atoms with van der Waals surface area (Å²) in [5, 5.41) is 1.23. The van der Waals surface area contributed by atoms with Gasteiger partial charge in [-0.05, 0) is 50.9 Å². The highest BCUT2D eigenvalue weighted by atomic mass is 16.5. The second-order valence-electron chi connectivity index (χ2n) is 6.45. The molecule has 0 amide bonds. The molecule has 3 heteroatoms. The predicted molar refractivity (Wildman–Crippen MR) is 98.0 cm³/mol. The lowest BCUT2D eigenvalue weighted by Gasteiger charge is -2.33. The summed E-state index contributed by atoms with van der Waals surface area (Å²) < 4.78 is 5.85. The molecule has 3 rings (SSSR count). The lowest BCUT2D eigenvalue weighted by molar-refractivity contribution is 0.223. The van der Waals surface area contributed by atoms with E-state index in [-0.39, 0.29) is 0 Å². The molecule has 0 aliphatic carbocycles. The fourth-order valence-corrected chi connectivity index (χ4v) is 3.51. The number of fused-ring (bicyclic) bond motifs is 1. The number of benzene rings is 1. The van der Waals surface area contributed by atoms with Gasteiger partial charge >= 0.3 is 0 Å². The summed E-state index contributed by atoms with van der Waals surface area (Å²) in [5.74, 6) is 0.989. The van der Waals surface area contributed by atoms with Gasteiger partial charge in [-0.25, -0.2) is 0 Å². The Kier molecular flexibility index (Phi) is 5.06. The van der Waals surface area contributed by atoms with Gasteiger partial charge in [0.25, 0.3) is 0 Å². The Bertz CT molecular complexity index is 686. The molecular weight excluding hydrogens is 284 g/mol. The first-order valence-corrected chi connectivity index (χ1v) is 8.91. The Morgan fingerprint density at radius 2 is 2.17 bits per heavy atom. The molecule has 0 fully saturated rings. The maximum absolute atomic E-state index is 5.85. The van der Waals surface area contributed by atoms with Crippen LogP contribution in [0.1, 0.15) is 45.6 Å². The largest absolute Gasteiger partial charge is 0.493 e. The fraction of sp³-hybridized carbons (Fsp3) is 0.500. The maximum Gasteiger partial charge on any atom is 0.129 e. The Morgan fingerprint density at radius 3 is 2.91 bits per heavy atom. The minimum atomic E-state index is 0.603. The topological polar surface area (TPSA) is 28.3 Å². The smallest absolute Gasteiger partial charge is 0.129 e. The Labute approximate surface area is 139 Å². The van der Waals surface area contributed by atoms with E-state index in [0.29, 0.717) is 12.6 Å². The van der Waals surface area contributed by atoms with Gasteiger partial charge in [-0.3, -0.25) is 4.90 Å². The quantitative estimate of drug-likeness (QED) is 0.826. The summed E-state index contributed by atoms with van der Waals surface area (Å²) in [6.07, 6.45) is 8.21. The zero-order valence-electron chi connectivity index (χ0n) is 14.6. The SMILES string of the molecule is CCCCN1CC=C(c2c[nH]c3cccc(OCC)c23)CC1C. The van der Waals surface area contributed by atoms with Gasteiger partial charge in [-0.15, -0.1) is 0 Å². The van der Waals surface area contributed by atoms with Gasteiger partial charge in [0.05, 0.1) is 6.61 Å². The molecule has 3 nitrogen and oxygen atoms in total. The molecule has 23 heavy (non-hydrogen) atoms. The van der Waals surface area contributed by atoms with Crippen LogP contribution >= 0.6 is 0 Å². The summed E-state index contributed by atoms with van der Waals surface area (Å²) in [4.78, 5) is 6.00. The van der Waals surface area contributed by atoms with Crippen molar-refractivity contribution in [2.45, 2.75) is 46.1 Å². The van der Waals surface area contributed by atoms with Crippen LogP contribution in [0.5, 0.6) is 5.75 Å². The average Bonchev–Trinajstić information content (AvgIpc) is 2.99. The minimum absolute atomic E-state index is 0.603. The van der Waals surface area contributed by atoms with E-state index in [1.807, 2.05) is 6.92 Å². The summed E-state index contributed by atoms with van der Waals surface area (Å²) in [6, 6.07) is 6.86. The molecule has 1 aromatic carbocycles. The monoisotopic (exact) mass is 312 g/mol. The lowest BCUT2D eigenvalue weighted by Crippen LogP contribution is -2.37. The van der Waals surface area contributed by atoms with E-state index >= 15 is 0 Å². The molecule has 0 spiro atoms. The molecule has 1 N–H and O–H groups in total. The van der Waals surface area contributed by atoms with Gasteiger partial charge < -0.3 is 9.72 Å². The number of aromatic nitrogens is 1. The summed E-state index contributed by atoms with van der Waals surface area (Å²) in [6.45, 7) is 9.61. The molecule has 0 bridgehead atoms. The van der Waals surface area contributed by atoms with Gasteiger partial charge in [0.2, 0.25) is 0 Å². The van der Waals surface area contributed by atoms with Crippen LogP contribution in [0.25, 0.3) is 16.5 Å². The Hall–Kier alpha value is -1.74. The zero-order chi connectivity index (χ0) is 16.2. The second kappa shape index (κ2) is 7.22. The highest BCUT2D eigenvalue weighted by Crippen LogP contribution is 2.36. The number of rotatable bonds is 6. The summed E-state index contributed by atoms with van der Waals surface area (Å²) in [5.41, 5.74) is 3.92. The number of nitrogens with zero attached hydrogens (tertiary/aromatic N) is 1. The molecule has 2 heterocycles. The van der Waals surface area contributed by atoms with Crippen LogP contribution in [0.2, 0.25) is 0 Å². The van der Waals surface area contributed by atoms with Crippen LogP contribution in [-0.2, 0) is 0 Å². The van der Waals surface area contributed by atoms with Crippen molar-refractivity contribution in [3.05, 3.63) is 36.0 Å². The van der Waals surface area contributed by atoms with E-state index in [0.717, 1.165) is 24.2 Å². The van der Waals surface area contributed by atoms with E-state index in [1.165, 1.54) is 35.9 Å². The number of aromatic amines is 1. The third-order valence-corrected chi connectivity index (χ3v) is 4.82. The molecule has 0 saturated heterocycles. The number of H-pyrrole nitrogens is 1. The zero-order valence-corrected chi connectivity index (χ0v) is 14.6. The highest BCUT2D eigenvalue weighted by molar-refractivity contribution is 5.97. The van der Waals surface area contributed by atoms with E-state index in [9.17, 15) is 0 Å². The molecule has 1 aromatic heterocycles. The molecule has 124 valence electrons. The van der Waals surface area contributed by atoms with E-state index in [1.54, 1.807) is 0 Å². The van der Waals surface area contributed by atoms with Crippen LogP contribution in [0, 0.1) is 0 Å². The number of unbranched alkanes of at least 4 members (excludes halogenated alkanes) is 1. The molecule has 1 aliphatic heterocycles. The molecule has 1 aliphatic rings. The minimum Gasteiger partial charge on any atom is -0.493 e. The van der Waals surface area contributed by atoms with E-state index < -0.39 is 0 Å². The van der Waals surface area contributed by atoms with Gasteiger partial charge in [0.15, 0.2) is 0 Å². The Balaban J connectivity index is 1.90. The van der Waals surface area contributed by atoms with Crippen LogP contribution in [-0.4, -0.2) is 35.6 Å². The number of hydrogen-bond acceptors (Lipinski definition) is 2. The molecule has 0 saturated carbocycles. The first-order chi connectivity index (χ1) is 11.2. The number of hydrogen-bond donors (Lipinski definition) is 1. The van der Waals surface area contributed by atoms with Crippen molar-refractivity contribution in [1.82, 2.24) is 9.88 Å². The van der Waals surface area contributed by atoms with Gasteiger partial charge in [-0.1, -0.05) is 25.5 Å². The molecule has 2 aromatic rings. The maximum atomic E-state index is 5.85. The normalized spacial score (nSPS) is 19.1. The highest BCUT2D eigenvalue weighted by Gasteiger charge is 2.22. The van der Waals surface area contributed by atoms with Gasteiger partial charge in [0.1, 0.15) is 5.75 Å². The van der Waals surface area contributed by atoms with Crippen molar-refractivity contribution in [2.24, 2.45) is 0 Å². The van der Waals surface area contributed by atoms with Crippen molar-refractivity contribution in [3.8, 4) is 5.75 Å². The van der Waals surface area contributed by atoms with Crippen molar-refractivity contribution in [3.63, 3.8) is 0 Å². The third-order valence-electron chi connectivity index (χ3n) is 4.82. The standard InChI is InChI=1S/C20H28N2O/c1-4-6-11-22-12-10-16(13-15(22)3)17-14-21-18-8-7-9-19(20(17)18)23-5-2/h7-10,14-15,21H,4-6,11-13H2,1-3H3. The molecule has 0 radical (unpaired) electrons. The van der Waals surface area contributed by atoms with E-state index in [2.05, 4.69) is 54.2 Å². The number of ether oxygens (including phenoxy) is 1. The van der Waals surface area contributed by atoms with Crippen molar-refractivity contribution in [1.29, 1.82) is 0 Å². The van der Waals surface area contributed by atoms with Gasteiger partial charge in [-0.2, -0.15) is 0 Å². The first kappa shape index (κ1) is 16.1. The molecule has 1 unspecified atom stereocenters. The Morgan fingerprint density at radius 1 is 1.30 bits per heavy atom. The third kappa shape index (κ3) is 3.30. The summed E-state index contributed by atoms with van der Waals surface area (Å²) >= 11 is 0. The lowest BCUT2D eigenvalue weighted by atomic mass is 9.94. The second-order valence-corrected chi connectivity index (χ2v) is 6.45. The average molecular weight is 312 g/mol. The molecular formula is C20H28N2O. The van der Waals surface area contributed by atoms with E-state index in [4.69, 9.17) is 4.74 Å². The van der Waals surface area contributed by atoms with Crippen molar-refractivity contribution >= 4 is 16.5 Å². The number of nitrogens with one attached hydrogen (secondary N) is 1.